The predicted molar refractivity (Wildman–Crippen MR) is 111 cm³/mol. The van der Waals surface area contributed by atoms with E-state index in [9.17, 15) is 22.4 Å². The molecule has 0 aliphatic carbocycles. The van der Waals surface area contributed by atoms with Gasteiger partial charge in [-0.3, -0.25) is 9.80 Å². The molecule has 0 saturated heterocycles. The van der Waals surface area contributed by atoms with Crippen molar-refractivity contribution >= 4 is 11.6 Å². The quantitative estimate of drug-likeness (QED) is 0.442. The van der Waals surface area contributed by atoms with Crippen LogP contribution in [-0.4, -0.2) is 23.2 Å². The molecule has 0 spiro atoms. The summed E-state index contributed by atoms with van der Waals surface area (Å²) >= 11 is 0. The highest BCUT2D eigenvalue weighted by Crippen LogP contribution is 2.33. The van der Waals surface area contributed by atoms with Crippen LogP contribution in [0.3, 0.4) is 0 Å². The SMILES string of the molecule is CCCCCN1N=C(C(=O)NCc2ccccc2C(F)(F)F)CC1c1ccccc1F. The van der Waals surface area contributed by atoms with E-state index in [2.05, 4.69) is 17.3 Å². The number of alkyl halides is 3. The van der Waals surface area contributed by atoms with Crippen molar-refractivity contribution in [3.8, 4) is 0 Å². The van der Waals surface area contributed by atoms with E-state index < -0.39 is 23.7 Å². The number of carbonyl (C=O) groups excluding carboxylic acids is 1. The van der Waals surface area contributed by atoms with Crippen LogP contribution in [0.5, 0.6) is 0 Å². The van der Waals surface area contributed by atoms with E-state index in [-0.39, 0.29) is 30.1 Å². The number of benzene rings is 2. The Kier molecular flexibility index (Phi) is 7.30. The molecule has 2 aromatic rings. The number of hydrogen-bond acceptors (Lipinski definition) is 3. The molecular weight excluding hydrogens is 410 g/mol. The van der Waals surface area contributed by atoms with Gasteiger partial charge in [0.25, 0.3) is 5.91 Å². The van der Waals surface area contributed by atoms with Crippen LogP contribution < -0.4 is 5.32 Å². The number of carbonyl (C=O) groups is 1. The number of nitrogens with one attached hydrogen (secondary N) is 1. The fraction of sp³-hybridized carbons (Fsp3) is 0.391. The third kappa shape index (κ3) is 5.62. The monoisotopic (exact) mass is 435 g/mol. The standard InChI is InChI=1S/C23H25F4N3O/c1-2-3-8-13-30-21(17-10-5-7-12-19(17)24)14-20(29-30)22(31)28-15-16-9-4-6-11-18(16)23(25,26)27/h4-7,9-12,21H,2-3,8,13-15H2,1H3,(H,28,31). The summed E-state index contributed by atoms with van der Waals surface area (Å²) in [6.45, 7) is 2.37. The van der Waals surface area contributed by atoms with Crippen molar-refractivity contribution in [3.63, 3.8) is 0 Å². The molecule has 166 valence electrons. The van der Waals surface area contributed by atoms with Crippen LogP contribution in [0, 0.1) is 5.82 Å². The molecular formula is C23H25F4N3O. The summed E-state index contributed by atoms with van der Waals surface area (Å²) < 4.78 is 53.9. The number of amides is 1. The Bertz CT molecular complexity index is 942. The highest BCUT2D eigenvalue weighted by atomic mass is 19.4. The van der Waals surface area contributed by atoms with Crippen molar-refractivity contribution in [1.29, 1.82) is 0 Å². The molecule has 1 atom stereocenters. The lowest BCUT2D eigenvalue weighted by Gasteiger charge is -2.24. The van der Waals surface area contributed by atoms with Gasteiger partial charge in [0.2, 0.25) is 0 Å². The maximum atomic E-state index is 14.4. The van der Waals surface area contributed by atoms with Gasteiger partial charge in [-0.15, -0.1) is 0 Å². The minimum atomic E-state index is -4.50. The average molecular weight is 435 g/mol. The number of halogens is 4. The largest absolute Gasteiger partial charge is 0.416 e. The molecule has 1 amide bonds. The molecule has 0 fully saturated rings. The first kappa shape index (κ1) is 22.8. The maximum absolute atomic E-state index is 14.4. The molecule has 1 unspecified atom stereocenters. The second-order valence-electron chi connectivity index (χ2n) is 7.50. The van der Waals surface area contributed by atoms with Crippen LogP contribution in [0.25, 0.3) is 0 Å². The van der Waals surface area contributed by atoms with Gasteiger partial charge in [-0.2, -0.15) is 18.3 Å². The molecule has 0 bridgehead atoms. The summed E-state index contributed by atoms with van der Waals surface area (Å²) in [4.78, 5) is 12.7. The van der Waals surface area contributed by atoms with E-state index >= 15 is 0 Å². The summed E-state index contributed by atoms with van der Waals surface area (Å²) in [6, 6.07) is 11.1. The summed E-state index contributed by atoms with van der Waals surface area (Å²) in [7, 11) is 0. The highest BCUT2D eigenvalue weighted by molar-refractivity contribution is 6.39. The van der Waals surface area contributed by atoms with Crippen LogP contribution in [-0.2, 0) is 17.5 Å². The Morgan fingerprint density at radius 3 is 2.55 bits per heavy atom. The smallest absolute Gasteiger partial charge is 0.347 e. The Balaban J connectivity index is 1.73. The van der Waals surface area contributed by atoms with E-state index in [1.165, 1.54) is 24.3 Å². The van der Waals surface area contributed by atoms with Crippen molar-refractivity contribution in [3.05, 3.63) is 71.0 Å². The number of nitrogens with zero attached hydrogens (tertiary/aromatic N) is 2. The van der Waals surface area contributed by atoms with Crippen molar-refractivity contribution in [2.45, 2.75) is 51.4 Å². The lowest BCUT2D eigenvalue weighted by molar-refractivity contribution is -0.138. The molecule has 8 heteroatoms. The Hall–Kier alpha value is -2.90. The first-order valence-electron chi connectivity index (χ1n) is 10.3. The molecule has 0 saturated carbocycles. The topological polar surface area (TPSA) is 44.7 Å². The van der Waals surface area contributed by atoms with Crippen LogP contribution in [0.2, 0.25) is 0 Å². The van der Waals surface area contributed by atoms with Crippen LogP contribution in [0.15, 0.2) is 53.6 Å². The third-order valence-corrected chi connectivity index (χ3v) is 5.27. The molecule has 1 heterocycles. The van der Waals surface area contributed by atoms with E-state index in [0.29, 0.717) is 12.1 Å². The molecule has 1 N–H and O–H groups in total. The van der Waals surface area contributed by atoms with Gasteiger partial charge in [-0.25, -0.2) is 4.39 Å². The molecule has 0 aromatic heterocycles. The molecule has 0 radical (unpaired) electrons. The van der Waals surface area contributed by atoms with E-state index in [1.807, 2.05) is 0 Å². The van der Waals surface area contributed by atoms with Gasteiger partial charge in [-0.1, -0.05) is 56.2 Å². The molecule has 2 aromatic carbocycles. The summed E-state index contributed by atoms with van der Waals surface area (Å²) in [5.41, 5.74) is -0.163. The molecule has 3 rings (SSSR count). The number of unbranched alkanes of at least 4 members (excludes halogenated alkanes) is 2. The van der Waals surface area contributed by atoms with E-state index in [4.69, 9.17) is 0 Å². The van der Waals surface area contributed by atoms with Gasteiger partial charge in [0, 0.05) is 25.1 Å². The fourth-order valence-electron chi connectivity index (χ4n) is 3.67. The summed E-state index contributed by atoms with van der Waals surface area (Å²) in [5, 5.41) is 8.64. The summed E-state index contributed by atoms with van der Waals surface area (Å²) in [5.74, 6) is -0.916. The fourth-order valence-corrected chi connectivity index (χ4v) is 3.67. The second-order valence-corrected chi connectivity index (χ2v) is 7.50. The predicted octanol–water partition coefficient (Wildman–Crippen LogP) is 5.45. The lowest BCUT2D eigenvalue weighted by Crippen LogP contribution is -2.30. The minimum absolute atomic E-state index is 0.0209. The minimum Gasteiger partial charge on any atom is -0.347 e. The zero-order valence-electron chi connectivity index (χ0n) is 17.3. The number of hydrogen-bond donors (Lipinski definition) is 1. The van der Waals surface area contributed by atoms with E-state index in [0.717, 1.165) is 25.3 Å². The third-order valence-electron chi connectivity index (χ3n) is 5.27. The van der Waals surface area contributed by atoms with Crippen molar-refractivity contribution in [2.24, 2.45) is 5.10 Å². The summed E-state index contributed by atoms with van der Waals surface area (Å²) in [6.07, 6.45) is -1.48. The van der Waals surface area contributed by atoms with Crippen molar-refractivity contribution in [1.82, 2.24) is 10.3 Å². The Labute approximate surface area is 178 Å². The first-order valence-corrected chi connectivity index (χ1v) is 10.3. The molecule has 1 aliphatic rings. The van der Waals surface area contributed by atoms with Gasteiger partial charge < -0.3 is 5.32 Å². The maximum Gasteiger partial charge on any atom is 0.416 e. The lowest BCUT2D eigenvalue weighted by atomic mass is 10.0. The van der Waals surface area contributed by atoms with Gasteiger partial charge in [-0.05, 0) is 24.1 Å². The van der Waals surface area contributed by atoms with Gasteiger partial charge >= 0.3 is 6.18 Å². The van der Waals surface area contributed by atoms with Crippen LogP contribution in [0.4, 0.5) is 17.6 Å². The number of hydrazone groups is 1. The highest BCUT2D eigenvalue weighted by Gasteiger charge is 2.34. The second kappa shape index (κ2) is 9.94. The zero-order chi connectivity index (χ0) is 22.4. The van der Waals surface area contributed by atoms with Crippen LogP contribution >= 0.6 is 0 Å². The average Bonchev–Trinajstić information content (AvgIpc) is 3.16. The Morgan fingerprint density at radius 2 is 1.84 bits per heavy atom. The Morgan fingerprint density at radius 1 is 1.13 bits per heavy atom. The van der Waals surface area contributed by atoms with Crippen molar-refractivity contribution < 1.29 is 22.4 Å². The van der Waals surface area contributed by atoms with E-state index in [1.54, 1.807) is 23.2 Å². The first-order chi connectivity index (χ1) is 14.8. The molecule has 1 aliphatic heterocycles. The van der Waals surface area contributed by atoms with Crippen molar-refractivity contribution in [2.75, 3.05) is 6.54 Å². The molecule has 4 nitrogen and oxygen atoms in total. The van der Waals surface area contributed by atoms with Gasteiger partial charge in [0.05, 0.1) is 11.6 Å². The normalized spacial score (nSPS) is 16.4. The molecule has 31 heavy (non-hydrogen) atoms. The zero-order valence-corrected chi connectivity index (χ0v) is 17.3. The van der Waals surface area contributed by atoms with Crippen LogP contribution in [0.1, 0.15) is 55.3 Å². The van der Waals surface area contributed by atoms with Gasteiger partial charge in [0.1, 0.15) is 11.5 Å². The number of rotatable bonds is 8. The van der Waals surface area contributed by atoms with Gasteiger partial charge in [0.15, 0.2) is 0 Å².